The van der Waals surface area contributed by atoms with Crippen LogP contribution in [0.1, 0.15) is 31.2 Å². The smallest absolute Gasteiger partial charge is 0.222 e. The Hall–Kier alpha value is -1.45. The molecule has 0 unspecified atom stereocenters. The quantitative estimate of drug-likeness (QED) is 0.640. The summed E-state index contributed by atoms with van der Waals surface area (Å²) < 4.78 is 7.58. The number of aromatic nitrogens is 2. The molecule has 1 aromatic carbocycles. The maximum Gasteiger partial charge on any atom is 0.222 e. The fraction of sp³-hybridized carbons (Fsp3) is 0.267. The SMILES string of the molecule is Cc1oc2cc(C(C)C)nn2c1-c1ccc(Cl)cc1Cl. The van der Waals surface area contributed by atoms with Gasteiger partial charge in [0.15, 0.2) is 0 Å². The lowest BCUT2D eigenvalue weighted by molar-refractivity contribution is 0.573. The third-order valence-corrected chi connectivity index (χ3v) is 3.82. The van der Waals surface area contributed by atoms with E-state index >= 15 is 0 Å². The molecule has 3 aromatic rings. The van der Waals surface area contributed by atoms with E-state index in [1.165, 1.54) is 0 Å². The molecule has 0 bridgehead atoms. The van der Waals surface area contributed by atoms with Crippen LogP contribution >= 0.6 is 23.2 Å². The molecule has 3 nitrogen and oxygen atoms in total. The van der Waals surface area contributed by atoms with Crippen molar-refractivity contribution in [2.45, 2.75) is 26.7 Å². The van der Waals surface area contributed by atoms with E-state index in [2.05, 4.69) is 18.9 Å². The highest BCUT2D eigenvalue weighted by Gasteiger charge is 2.18. The van der Waals surface area contributed by atoms with Gasteiger partial charge in [-0.15, -0.1) is 0 Å². The molecule has 0 N–H and O–H groups in total. The van der Waals surface area contributed by atoms with Crippen LogP contribution < -0.4 is 0 Å². The highest BCUT2D eigenvalue weighted by molar-refractivity contribution is 6.36. The summed E-state index contributed by atoms with van der Waals surface area (Å²) in [7, 11) is 0. The zero-order chi connectivity index (χ0) is 14.4. The van der Waals surface area contributed by atoms with Gasteiger partial charge in [-0.05, 0) is 31.0 Å². The molecule has 0 radical (unpaired) electrons. The second-order valence-corrected chi connectivity index (χ2v) is 5.95. The van der Waals surface area contributed by atoms with E-state index in [0.717, 1.165) is 28.4 Å². The highest BCUT2D eigenvalue weighted by Crippen LogP contribution is 2.34. The van der Waals surface area contributed by atoms with Crippen LogP contribution in [0.15, 0.2) is 28.7 Å². The average Bonchev–Trinajstić information content (AvgIpc) is 2.87. The molecule has 0 aliphatic carbocycles. The molecular formula is C15H14Cl2N2O. The number of hydrogen-bond donors (Lipinski definition) is 0. The number of aryl methyl sites for hydroxylation is 1. The van der Waals surface area contributed by atoms with E-state index in [1.54, 1.807) is 10.6 Å². The zero-order valence-corrected chi connectivity index (χ0v) is 13.0. The summed E-state index contributed by atoms with van der Waals surface area (Å²) in [4.78, 5) is 0. The van der Waals surface area contributed by atoms with E-state index in [0.29, 0.717) is 16.0 Å². The normalized spacial score (nSPS) is 11.7. The fourth-order valence-corrected chi connectivity index (χ4v) is 2.73. The van der Waals surface area contributed by atoms with Crippen molar-refractivity contribution in [1.82, 2.24) is 9.61 Å². The van der Waals surface area contributed by atoms with Crippen LogP contribution in [-0.4, -0.2) is 9.61 Å². The van der Waals surface area contributed by atoms with Crippen molar-refractivity contribution in [3.8, 4) is 11.3 Å². The van der Waals surface area contributed by atoms with Gasteiger partial charge in [0.2, 0.25) is 5.71 Å². The lowest BCUT2D eigenvalue weighted by Gasteiger charge is -2.04. The number of oxazole rings is 1. The third kappa shape index (κ3) is 2.11. The first-order valence-corrected chi connectivity index (χ1v) is 7.17. The Labute approximate surface area is 127 Å². The van der Waals surface area contributed by atoms with Crippen molar-refractivity contribution < 1.29 is 4.42 Å². The van der Waals surface area contributed by atoms with Crippen molar-refractivity contribution in [3.63, 3.8) is 0 Å². The Morgan fingerprint density at radius 1 is 1.20 bits per heavy atom. The van der Waals surface area contributed by atoms with Crippen LogP contribution in [0.5, 0.6) is 0 Å². The topological polar surface area (TPSA) is 30.4 Å². The summed E-state index contributed by atoms with van der Waals surface area (Å²) in [5, 5.41) is 5.80. The Morgan fingerprint density at radius 3 is 2.60 bits per heavy atom. The van der Waals surface area contributed by atoms with E-state index in [9.17, 15) is 0 Å². The number of fused-ring (bicyclic) bond motifs is 1. The second kappa shape index (κ2) is 4.83. The molecule has 2 aromatic heterocycles. The summed E-state index contributed by atoms with van der Waals surface area (Å²) in [6.45, 7) is 6.11. The first-order chi connectivity index (χ1) is 9.47. The van der Waals surface area contributed by atoms with E-state index in [4.69, 9.17) is 27.6 Å². The lowest BCUT2D eigenvalue weighted by atomic mass is 10.1. The van der Waals surface area contributed by atoms with Crippen LogP contribution in [-0.2, 0) is 0 Å². The molecule has 0 amide bonds. The van der Waals surface area contributed by atoms with Crippen LogP contribution in [0.25, 0.3) is 17.0 Å². The highest BCUT2D eigenvalue weighted by atomic mass is 35.5. The number of halogens is 2. The number of hydrogen-bond acceptors (Lipinski definition) is 2. The van der Waals surface area contributed by atoms with Crippen LogP contribution in [0, 0.1) is 6.92 Å². The van der Waals surface area contributed by atoms with Crippen LogP contribution in [0.2, 0.25) is 10.0 Å². The van der Waals surface area contributed by atoms with E-state index in [1.807, 2.05) is 25.1 Å². The van der Waals surface area contributed by atoms with Gasteiger partial charge in [0, 0.05) is 16.7 Å². The van der Waals surface area contributed by atoms with E-state index in [-0.39, 0.29) is 0 Å². The lowest BCUT2D eigenvalue weighted by Crippen LogP contribution is -1.94. The van der Waals surface area contributed by atoms with Crippen LogP contribution in [0.4, 0.5) is 0 Å². The molecule has 20 heavy (non-hydrogen) atoms. The van der Waals surface area contributed by atoms with Gasteiger partial charge >= 0.3 is 0 Å². The summed E-state index contributed by atoms with van der Waals surface area (Å²) in [6.07, 6.45) is 0. The van der Waals surface area contributed by atoms with Gasteiger partial charge < -0.3 is 4.42 Å². The minimum absolute atomic E-state index is 0.346. The predicted molar refractivity (Wildman–Crippen MR) is 81.7 cm³/mol. The molecular weight excluding hydrogens is 295 g/mol. The first kappa shape index (κ1) is 13.5. The largest absolute Gasteiger partial charge is 0.441 e. The van der Waals surface area contributed by atoms with Crippen molar-refractivity contribution in [2.75, 3.05) is 0 Å². The van der Waals surface area contributed by atoms with Crippen molar-refractivity contribution >= 4 is 28.9 Å². The minimum atomic E-state index is 0.346. The van der Waals surface area contributed by atoms with E-state index < -0.39 is 0 Å². The molecule has 0 saturated heterocycles. The maximum atomic E-state index is 6.30. The van der Waals surface area contributed by atoms with Crippen LogP contribution in [0.3, 0.4) is 0 Å². The van der Waals surface area contributed by atoms with Gasteiger partial charge in [-0.3, -0.25) is 0 Å². The number of rotatable bonds is 2. The van der Waals surface area contributed by atoms with Gasteiger partial charge in [-0.2, -0.15) is 9.61 Å². The fourth-order valence-electron chi connectivity index (χ4n) is 2.24. The molecule has 3 rings (SSSR count). The molecule has 0 saturated carbocycles. The van der Waals surface area contributed by atoms with Gasteiger partial charge in [0.25, 0.3) is 0 Å². The maximum absolute atomic E-state index is 6.30. The Balaban J connectivity index is 2.26. The summed E-state index contributed by atoms with van der Waals surface area (Å²) in [6, 6.07) is 7.39. The number of nitrogens with zero attached hydrogens (tertiary/aromatic N) is 2. The molecule has 5 heteroatoms. The zero-order valence-electron chi connectivity index (χ0n) is 11.4. The molecule has 104 valence electrons. The summed E-state index contributed by atoms with van der Waals surface area (Å²) in [5.41, 5.74) is 3.46. The summed E-state index contributed by atoms with van der Waals surface area (Å²) >= 11 is 12.2. The first-order valence-electron chi connectivity index (χ1n) is 6.42. The molecule has 0 fully saturated rings. The molecule has 2 heterocycles. The average molecular weight is 309 g/mol. The van der Waals surface area contributed by atoms with Crippen molar-refractivity contribution in [3.05, 3.63) is 45.8 Å². The monoisotopic (exact) mass is 308 g/mol. The van der Waals surface area contributed by atoms with Gasteiger partial charge in [0.1, 0.15) is 11.5 Å². The molecule has 0 atom stereocenters. The van der Waals surface area contributed by atoms with Gasteiger partial charge in [-0.1, -0.05) is 37.0 Å². The molecule has 0 aliphatic heterocycles. The van der Waals surface area contributed by atoms with Crippen molar-refractivity contribution in [2.24, 2.45) is 0 Å². The number of benzene rings is 1. The Kier molecular flexibility index (Phi) is 3.27. The molecule has 0 spiro atoms. The minimum Gasteiger partial charge on any atom is -0.441 e. The molecule has 0 aliphatic rings. The summed E-state index contributed by atoms with van der Waals surface area (Å²) in [5.74, 6) is 1.13. The van der Waals surface area contributed by atoms with Crippen molar-refractivity contribution in [1.29, 1.82) is 0 Å². The van der Waals surface area contributed by atoms with Gasteiger partial charge in [0.05, 0.1) is 10.7 Å². The second-order valence-electron chi connectivity index (χ2n) is 5.10. The Bertz CT molecular complexity index is 787. The predicted octanol–water partition coefficient (Wildman–Crippen LogP) is 5.33. The Morgan fingerprint density at radius 2 is 1.95 bits per heavy atom. The third-order valence-electron chi connectivity index (χ3n) is 3.28. The standard InChI is InChI=1S/C15H14Cl2N2O/c1-8(2)13-7-14-19(18-13)15(9(3)20-14)11-5-4-10(16)6-12(11)17/h4-8H,1-3H3. The van der Waals surface area contributed by atoms with Gasteiger partial charge in [-0.25, -0.2) is 0 Å².